The van der Waals surface area contributed by atoms with Crippen LogP contribution < -0.4 is 4.74 Å². The van der Waals surface area contributed by atoms with Gasteiger partial charge in [-0.25, -0.2) is 15.0 Å². The van der Waals surface area contributed by atoms with E-state index in [1.165, 1.54) is 0 Å². The number of ether oxygens (including phenoxy) is 1. The molecule has 0 saturated heterocycles. The van der Waals surface area contributed by atoms with Gasteiger partial charge in [-0.05, 0) is 25.1 Å². The van der Waals surface area contributed by atoms with Crippen LogP contribution in [0.25, 0.3) is 11.4 Å². The maximum atomic E-state index is 12.7. The summed E-state index contributed by atoms with van der Waals surface area (Å²) in [5.41, 5.74) is 4.16. The minimum absolute atomic E-state index is 0.0541. The first-order chi connectivity index (χ1) is 12.6. The zero-order valence-electron chi connectivity index (χ0n) is 14.7. The molecular weight excluding hydrogens is 330 g/mol. The molecule has 0 saturated carbocycles. The van der Waals surface area contributed by atoms with E-state index in [1.54, 1.807) is 30.3 Å². The Labute approximate surface area is 151 Å². The lowest BCUT2D eigenvalue weighted by Crippen LogP contribution is -2.36. The molecule has 0 unspecified atom stereocenters. The zero-order chi connectivity index (χ0) is 18.1. The molecule has 26 heavy (non-hydrogen) atoms. The molecule has 0 aromatic carbocycles. The third kappa shape index (κ3) is 3.03. The van der Waals surface area contributed by atoms with Gasteiger partial charge in [-0.15, -0.1) is 0 Å². The number of carbonyl (C=O) groups is 1. The summed E-state index contributed by atoms with van der Waals surface area (Å²) in [7, 11) is 1.59. The number of amides is 1. The lowest BCUT2D eigenvalue weighted by atomic mass is 10.1. The van der Waals surface area contributed by atoms with Crippen molar-refractivity contribution in [2.45, 2.75) is 19.9 Å². The van der Waals surface area contributed by atoms with Crippen molar-refractivity contribution >= 4 is 5.91 Å². The van der Waals surface area contributed by atoms with E-state index in [0.29, 0.717) is 31.1 Å². The molecule has 1 amide bonds. The van der Waals surface area contributed by atoms with Gasteiger partial charge in [0.15, 0.2) is 0 Å². The highest BCUT2D eigenvalue weighted by atomic mass is 16.5. The average Bonchev–Trinajstić information content (AvgIpc) is 3.10. The highest BCUT2D eigenvalue weighted by molar-refractivity contribution is 5.92. The van der Waals surface area contributed by atoms with Crippen LogP contribution in [0, 0.1) is 6.92 Å². The molecule has 0 atom stereocenters. The second-order valence-corrected chi connectivity index (χ2v) is 6.24. The fourth-order valence-electron chi connectivity index (χ4n) is 3.07. The van der Waals surface area contributed by atoms with Gasteiger partial charge in [-0.2, -0.15) is 0 Å². The SMILES string of the molecule is COc1ccc(-c2nc3c([nH]2)CN(C(=O)c2cccc(C)n2)CC3)cn1. The second kappa shape index (κ2) is 6.59. The van der Waals surface area contributed by atoms with Gasteiger partial charge in [0.2, 0.25) is 5.88 Å². The molecule has 0 bridgehead atoms. The molecule has 1 aliphatic heterocycles. The van der Waals surface area contributed by atoms with Crippen LogP contribution in [0.5, 0.6) is 5.88 Å². The summed E-state index contributed by atoms with van der Waals surface area (Å²) in [6.45, 7) is 3.02. The molecule has 0 spiro atoms. The van der Waals surface area contributed by atoms with E-state index in [2.05, 4.69) is 19.9 Å². The first-order valence-corrected chi connectivity index (χ1v) is 8.45. The van der Waals surface area contributed by atoms with Crippen LogP contribution in [-0.2, 0) is 13.0 Å². The molecule has 4 rings (SSSR count). The van der Waals surface area contributed by atoms with Crippen LogP contribution >= 0.6 is 0 Å². The number of fused-ring (bicyclic) bond motifs is 1. The van der Waals surface area contributed by atoms with Crippen molar-refractivity contribution in [1.82, 2.24) is 24.8 Å². The summed E-state index contributed by atoms with van der Waals surface area (Å²) in [6.07, 6.45) is 2.44. The van der Waals surface area contributed by atoms with E-state index in [4.69, 9.17) is 4.74 Å². The summed E-state index contributed by atoms with van der Waals surface area (Å²) < 4.78 is 5.09. The van der Waals surface area contributed by atoms with E-state index in [1.807, 2.05) is 25.1 Å². The van der Waals surface area contributed by atoms with Crippen LogP contribution in [0.3, 0.4) is 0 Å². The molecule has 132 valence electrons. The van der Waals surface area contributed by atoms with Gasteiger partial charge in [0, 0.05) is 36.5 Å². The normalized spacial score (nSPS) is 13.4. The van der Waals surface area contributed by atoms with E-state index in [9.17, 15) is 4.79 Å². The number of H-pyrrole nitrogens is 1. The Morgan fingerprint density at radius 2 is 2.12 bits per heavy atom. The molecular formula is C19H19N5O2. The standard InChI is InChI=1S/C19H19N5O2/c1-12-4-3-5-15(21-12)19(25)24-9-8-14-16(11-24)23-18(22-14)13-6-7-17(26-2)20-10-13/h3-7,10H,8-9,11H2,1-2H3,(H,22,23). The van der Waals surface area contributed by atoms with Crippen LogP contribution in [0.2, 0.25) is 0 Å². The number of rotatable bonds is 3. The Morgan fingerprint density at radius 3 is 2.85 bits per heavy atom. The van der Waals surface area contributed by atoms with E-state index in [-0.39, 0.29) is 5.91 Å². The fraction of sp³-hybridized carbons (Fsp3) is 0.263. The summed E-state index contributed by atoms with van der Waals surface area (Å²) >= 11 is 0. The molecule has 7 nitrogen and oxygen atoms in total. The number of aryl methyl sites for hydroxylation is 1. The number of nitrogens with one attached hydrogen (secondary N) is 1. The Bertz CT molecular complexity index is 949. The summed E-state index contributed by atoms with van der Waals surface area (Å²) in [5.74, 6) is 1.27. The van der Waals surface area contributed by atoms with Gasteiger partial charge in [-0.3, -0.25) is 4.79 Å². The van der Waals surface area contributed by atoms with Crippen molar-refractivity contribution in [2.24, 2.45) is 0 Å². The van der Waals surface area contributed by atoms with Gasteiger partial charge >= 0.3 is 0 Å². The number of carbonyl (C=O) groups excluding carboxylic acids is 1. The van der Waals surface area contributed by atoms with Crippen molar-refractivity contribution in [3.8, 4) is 17.3 Å². The van der Waals surface area contributed by atoms with Crippen LogP contribution in [0.15, 0.2) is 36.5 Å². The monoisotopic (exact) mass is 349 g/mol. The summed E-state index contributed by atoms with van der Waals surface area (Å²) in [6, 6.07) is 9.21. The summed E-state index contributed by atoms with van der Waals surface area (Å²) in [5, 5.41) is 0. The van der Waals surface area contributed by atoms with Gasteiger partial charge < -0.3 is 14.6 Å². The van der Waals surface area contributed by atoms with Gasteiger partial charge in [0.1, 0.15) is 11.5 Å². The number of methoxy groups -OCH3 is 1. The minimum atomic E-state index is -0.0541. The van der Waals surface area contributed by atoms with Crippen molar-refractivity contribution in [1.29, 1.82) is 0 Å². The molecule has 0 aliphatic carbocycles. The maximum absolute atomic E-state index is 12.7. The number of hydrogen-bond donors (Lipinski definition) is 1. The molecule has 3 aromatic heterocycles. The topological polar surface area (TPSA) is 84.0 Å². The Balaban J connectivity index is 1.55. The highest BCUT2D eigenvalue weighted by Gasteiger charge is 2.25. The maximum Gasteiger partial charge on any atom is 0.272 e. The van der Waals surface area contributed by atoms with Crippen LogP contribution in [0.1, 0.15) is 27.6 Å². The fourth-order valence-corrected chi connectivity index (χ4v) is 3.07. The van der Waals surface area contributed by atoms with Gasteiger partial charge in [-0.1, -0.05) is 6.07 Å². The molecule has 1 aliphatic rings. The Morgan fingerprint density at radius 1 is 1.23 bits per heavy atom. The highest BCUT2D eigenvalue weighted by Crippen LogP contribution is 2.24. The predicted octanol–water partition coefficient (Wildman–Crippen LogP) is 2.38. The molecule has 0 fully saturated rings. The smallest absolute Gasteiger partial charge is 0.272 e. The quantitative estimate of drug-likeness (QED) is 0.785. The van der Waals surface area contributed by atoms with Crippen molar-refractivity contribution in [3.63, 3.8) is 0 Å². The van der Waals surface area contributed by atoms with Crippen LogP contribution in [0.4, 0.5) is 0 Å². The second-order valence-electron chi connectivity index (χ2n) is 6.24. The predicted molar refractivity (Wildman–Crippen MR) is 95.8 cm³/mol. The zero-order valence-corrected chi connectivity index (χ0v) is 14.7. The molecule has 3 aromatic rings. The van der Waals surface area contributed by atoms with Crippen molar-refractivity contribution < 1.29 is 9.53 Å². The van der Waals surface area contributed by atoms with Crippen LogP contribution in [-0.4, -0.2) is 44.4 Å². The Hall–Kier alpha value is -3.22. The lowest BCUT2D eigenvalue weighted by molar-refractivity contribution is 0.0725. The molecule has 1 N–H and O–H groups in total. The van der Waals surface area contributed by atoms with E-state index >= 15 is 0 Å². The number of pyridine rings is 2. The molecule has 4 heterocycles. The minimum Gasteiger partial charge on any atom is -0.481 e. The number of aromatic amines is 1. The first-order valence-electron chi connectivity index (χ1n) is 8.45. The van der Waals surface area contributed by atoms with Gasteiger partial charge in [0.05, 0.1) is 25.0 Å². The van der Waals surface area contributed by atoms with E-state index < -0.39 is 0 Å². The first kappa shape index (κ1) is 16.3. The van der Waals surface area contributed by atoms with Gasteiger partial charge in [0.25, 0.3) is 5.91 Å². The van der Waals surface area contributed by atoms with E-state index in [0.717, 1.165) is 28.5 Å². The van der Waals surface area contributed by atoms with Crippen molar-refractivity contribution in [2.75, 3.05) is 13.7 Å². The average molecular weight is 349 g/mol. The number of nitrogens with zero attached hydrogens (tertiary/aromatic N) is 4. The number of hydrogen-bond acceptors (Lipinski definition) is 5. The summed E-state index contributed by atoms with van der Waals surface area (Å²) in [4.78, 5) is 31.1. The number of imidazole rings is 1. The third-order valence-electron chi connectivity index (χ3n) is 4.45. The third-order valence-corrected chi connectivity index (χ3v) is 4.45. The van der Waals surface area contributed by atoms with Crippen molar-refractivity contribution in [3.05, 3.63) is 59.3 Å². The molecule has 7 heteroatoms. The Kier molecular flexibility index (Phi) is 4.12. The number of aromatic nitrogens is 4. The lowest BCUT2D eigenvalue weighted by Gasteiger charge is -2.25. The molecule has 0 radical (unpaired) electrons. The largest absolute Gasteiger partial charge is 0.481 e.